The molecule has 162 valence electrons. The van der Waals surface area contributed by atoms with E-state index in [-0.39, 0.29) is 17.8 Å². The molecule has 3 heterocycles. The van der Waals surface area contributed by atoms with Gasteiger partial charge >= 0.3 is 6.03 Å². The lowest BCUT2D eigenvalue weighted by molar-refractivity contribution is -0.125. The van der Waals surface area contributed by atoms with Crippen LogP contribution in [0.4, 0.5) is 20.6 Å². The van der Waals surface area contributed by atoms with Crippen LogP contribution in [0, 0.1) is 5.82 Å². The summed E-state index contributed by atoms with van der Waals surface area (Å²) in [6.07, 6.45) is 1.53. The number of amides is 3. The monoisotopic (exact) mass is 423 g/mol. The van der Waals surface area contributed by atoms with Crippen LogP contribution in [0.15, 0.2) is 54.6 Å². The van der Waals surface area contributed by atoms with Crippen LogP contribution in [0.1, 0.15) is 12.8 Å². The van der Waals surface area contributed by atoms with Gasteiger partial charge in [0.1, 0.15) is 11.4 Å². The Kier molecular flexibility index (Phi) is 5.02. The second-order valence-electron chi connectivity index (χ2n) is 8.49. The molecule has 7 nitrogen and oxygen atoms in total. The van der Waals surface area contributed by atoms with Gasteiger partial charge in [0.05, 0.1) is 6.67 Å². The van der Waals surface area contributed by atoms with E-state index in [1.807, 2.05) is 18.2 Å². The molecule has 0 saturated carbocycles. The predicted octanol–water partition coefficient (Wildman–Crippen LogP) is 2.47. The maximum absolute atomic E-state index is 13.3. The van der Waals surface area contributed by atoms with E-state index < -0.39 is 5.54 Å². The van der Waals surface area contributed by atoms with Crippen LogP contribution in [-0.4, -0.2) is 66.2 Å². The molecule has 0 aromatic heterocycles. The van der Waals surface area contributed by atoms with E-state index in [0.29, 0.717) is 31.5 Å². The van der Waals surface area contributed by atoms with Gasteiger partial charge in [-0.2, -0.15) is 0 Å². The number of urea groups is 1. The van der Waals surface area contributed by atoms with Gasteiger partial charge in [0.25, 0.3) is 0 Å². The average molecular weight is 423 g/mol. The molecule has 2 aromatic carbocycles. The summed E-state index contributed by atoms with van der Waals surface area (Å²) in [7, 11) is 0. The van der Waals surface area contributed by atoms with Crippen molar-refractivity contribution < 1.29 is 14.0 Å². The van der Waals surface area contributed by atoms with Crippen LogP contribution in [0.5, 0.6) is 0 Å². The van der Waals surface area contributed by atoms with Gasteiger partial charge in [-0.1, -0.05) is 24.3 Å². The topological polar surface area (TPSA) is 67.9 Å². The summed E-state index contributed by atoms with van der Waals surface area (Å²) in [5, 5.41) is 5.78. The van der Waals surface area contributed by atoms with E-state index in [9.17, 15) is 14.0 Å². The molecule has 0 aliphatic carbocycles. The minimum Gasteiger partial charge on any atom is -0.339 e. The van der Waals surface area contributed by atoms with E-state index in [1.165, 1.54) is 12.1 Å². The first kappa shape index (κ1) is 19.8. The number of piperidine rings is 1. The van der Waals surface area contributed by atoms with E-state index in [4.69, 9.17) is 0 Å². The predicted molar refractivity (Wildman–Crippen MR) is 116 cm³/mol. The van der Waals surface area contributed by atoms with Crippen LogP contribution < -0.4 is 15.5 Å². The third-order valence-electron chi connectivity index (χ3n) is 6.77. The van der Waals surface area contributed by atoms with E-state index in [0.717, 1.165) is 31.6 Å². The van der Waals surface area contributed by atoms with Crippen LogP contribution in [0.2, 0.25) is 0 Å². The normalized spacial score (nSPS) is 21.1. The van der Waals surface area contributed by atoms with Gasteiger partial charge < -0.3 is 20.4 Å². The molecule has 3 fully saturated rings. The highest BCUT2D eigenvalue weighted by Gasteiger charge is 2.51. The largest absolute Gasteiger partial charge is 0.339 e. The van der Waals surface area contributed by atoms with Gasteiger partial charge in [-0.15, -0.1) is 0 Å². The van der Waals surface area contributed by atoms with Crippen molar-refractivity contribution in [3.8, 4) is 0 Å². The number of carbonyl (C=O) groups is 2. The first-order valence-electron chi connectivity index (χ1n) is 10.7. The van der Waals surface area contributed by atoms with Crippen LogP contribution in [0.25, 0.3) is 0 Å². The van der Waals surface area contributed by atoms with Crippen LogP contribution >= 0.6 is 0 Å². The fraction of sp³-hybridized carbons (Fsp3) is 0.391. The molecule has 2 N–H and O–H groups in total. The summed E-state index contributed by atoms with van der Waals surface area (Å²) in [5.41, 5.74) is 1.04. The minimum absolute atomic E-state index is 0.112. The Bertz CT molecular complexity index is 971. The molecular weight excluding hydrogens is 397 g/mol. The van der Waals surface area contributed by atoms with Gasteiger partial charge in [0.2, 0.25) is 5.91 Å². The van der Waals surface area contributed by atoms with Crippen molar-refractivity contribution in [1.29, 1.82) is 0 Å². The van der Waals surface area contributed by atoms with Crippen molar-refractivity contribution in [2.75, 3.05) is 43.1 Å². The molecule has 3 amide bonds. The second kappa shape index (κ2) is 7.85. The summed E-state index contributed by atoms with van der Waals surface area (Å²) in [5.74, 6) is -0.261. The van der Waals surface area contributed by atoms with Crippen molar-refractivity contribution in [1.82, 2.24) is 15.1 Å². The molecular formula is C23H26FN5O2. The average Bonchev–Trinajstić information content (AvgIpc) is 3.05. The molecule has 2 aromatic rings. The van der Waals surface area contributed by atoms with Crippen LogP contribution in [-0.2, 0) is 4.79 Å². The number of para-hydroxylation sites is 1. The van der Waals surface area contributed by atoms with E-state index in [1.54, 1.807) is 17.0 Å². The Hall–Kier alpha value is -3.13. The number of benzene rings is 2. The minimum atomic E-state index is -0.490. The van der Waals surface area contributed by atoms with E-state index in [2.05, 4.69) is 32.6 Å². The highest BCUT2D eigenvalue weighted by atomic mass is 19.1. The third kappa shape index (κ3) is 3.61. The zero-order valence-electron chi connectivity index (χ0n) is 17.3. The zero-order chi connectivity index (χ0) is 21.4. The summed E-state index contributed by atoms with van der Waals surface area (Å²) in [4.78, 5) is 31.5. The Morgan fingerprint density at radius 1 is 1.06 bits per heavy atom. The molecule has 8 heteroatoms. The number of rotatable bonds is 3. The molecule has 0 radical (unpaired) electrons. The summed E-state index contributed by atoms with van der Waals surface area (Å²) in [6.45, 7) is 3.47. The first-order chi connectivity index (χ1) is 15.0. The number of nitrogens with zero attached hydrogens (tertiary/aromatic N) is 3. The lowest BCUT2D eigenvalue weighted by Gasteiger charge is -2.50. The van der Waals surface area contributed by atoms with Crippen molar-refractivity contribution in [2.24, 2.45) is 0 Å². The highest BCUT2D eigenvalue weighted by molar-refractivity contribution is 5.93. The van der Waals surface area contributed by atoms with Crippen molar-refractivity contribution in [3.63, 3.8) is 0 Å². The molecule has 3 saturated heterocycles. The SMILES string of the molecule is O=C(Nc1cccc(F)c1)N1CC(N2CCC3(CC2)C(=O)NCN3c2ccccc2)C1. The van der Waals surface area contributed by atoms with Gasteiger partial charge in [-0.3, -0.25) is 9.69 Å². The van der Waals surface area contributed by atoms with Gasteiger partial charge in [0, 0.05) is 43.6 Å². The smallest absolute Gasteiger partial charge is 0.321 e. The molecule has 3 aliphatic rings. The number of carbonyl (C=O) groups excluding carboxylic acids is 2. The lowest BCUT2D eigenvalue weighted by Crippen LogP contribution is -2.65. The molecule has 0 bridgehead atoms. The van der Waals surface area contributed by atoms with Crippen molar-refractivity contribution in [2.45, 2.75) is 24.4 Å². The molecule has 0 atom stereocenters. The van der Waals surface area contributed by atoms with Gasteiger partial charge in [0.15, 0.2) is 0 Å². The molecule has 3 aliphatic heterocycles. The lowest BCUT2D eigenvalue weighted by atomic mass is 9.84. The summed E-state index contributed by atoms with van der Waals surface area (Å²) in [6, 6.07) is 16.1. The van der Waals surface area contributed by atoms with Crippen molar-refractivity contribution in [3.05, 3.63) is 60.4 Å². The standard InChI is InChI=1S/C23H26FN5O2/c24-17-5-4-6-18(13-17)26-22(31)28-14-20(15-28)27-11-9-23(10-12-27)21(30)25-16-29(23)19-7-2-1-3-8-19/h1-8,13,20H,9-12,14-16H2,(H,25,30)(H,26,31). The second-order valence-corrected chi connectivity index (χ2v) is 8.49. The zero-order valence-corrected chi connectivity index (χ0v) is 17.3. The number of hydrogen-bond acceptors (Lipinski definition) is 4. The Morgan fingerprint density at radius 3 is 2.52 bits per heavy atom. The summed E-state index contributed by atoms with van der Waals surface area (Å²) < 4.78 is 13.3. The number of nitrogens with one attached hydrogen (secondary N) is 2. The van der Waals surface area contributed by atoms with E-state index >= 15 is 0 Å². The molecule has 1 spiro atoms. The molecule has 0 unspecified atom stereocenters. The quantitative estimate of drug-likeness (QED) is 0.796. The number of hydrogen-bond donors (Lipinski definition) is 2. The fourth-order valence-electron chi connectivity index (χ4n) is 4.91. The fourth-order valence-corrected chi connectivity index (χ4v) is 4.91. The van der Waals surface area contributed by atoms with Crippen LogP contribution in [0.3, 0.4) is 0 Å². The van der Waals surface area contributed by atoms with Gasteiger partial charge in [-0.05, 0) is 43.2 Å². The Balaban J connectivity index is 1.16. The maximum atomic E-state index is 13.3. The number of likely N-dealkylation sites (tertiary alicyclic amines) is 2. The third-order valence-corrected chi connectivity index (χ3v) is 6.77. The maximum Gasteiger partial charge on any atom is 0.321 e. The van der Waals surface area contributed by atoms with Gasteiger partial charge in [-0.25, -0.2) is 9.18 Å². The first-order valence-corrected chi connectivity index (χ1v) is 10.7. The number of halogens is 1. The summed E-state index contributed by atoms with van der Waals surface area (Å²) >= 11 is 0. The highest BCUT2D eigenvalue weighted by Crippen LogP contribution is 2.37. The Morgan fingerprint density at radius 2 is 1.81 bits per heavy atom. The number of anilines is 2. The Labute approximate surface area is 180 Å². The molecule has 5 rings (SSSR count). The van der Waals surface area contributed by atoms with Crippen molar-refractivity contribution >= 4 is 23.3 Å². The molecule has 31 heavy (non-hydrogen) atoms.